The Hall–Kier alpha value is -2.26. The van der Waals surface area contributed by atoms with Crippen LogP contribution < -0.4 is 0 Å². The van der Waals surface area contributed by atoms with Crippen molar-refractivity contribution >= 4 is 23.4 Å². The molecule has 4 aliphatic rings. The molecule has 1 saturated carbocycles. The van der Waals surface area contributed by atoms with Gasteiger partial charge in [0, 0.05) is 52.0 Å². The molecule has 3 aliphatic heterocycles. The minimum atomic E-state index is -2.49. The highest BCUT2D eigenvalue weighted by Crippen LogP contribution is 2.40. The quantitative estimate of drug-likeness (QED) is 0.171. The molecule has 0 aromatic carbocycles. The number of carbonyl (C=O) groups excluding carboxylic acids is 4. The molecule has 15 atom stereocenters. The van der Waals surface area contributed by atoms with Gasteiger partial charge in [-0.15, -0.1) is 0 Å². The van der Waals surface area contributed by atoms with Crippen LogP contribution in [0.4, 0.5) is 0 Å². The smallest absolute Gasteiger partial charge is 0.329 e. The van der Waals surface area contributed by atoms with Crippen molar-refractivity contribution in [3.8, 4) is 0 Å². The van der Waals surface area contributed by atoms with Gasteiger partial charge >= 0.3 is 5.97 Å². The molecule has 4 rings (SSSR count). The van der Waals surface area contributed by atoms with Crippen molar-refractivity contribution in [2.45, 2.75) is 180 Å². The molecule has 1 amide bonds. The van der Waals surface area contributed by atoms with Crippen LogP contribution in [0, 0.1) is 35.5 Å². The Morgan fingerprint density at radius 2 is 1.56 bits per heavy atom. The number of esters is 1. The lowest BCUT2D eigenvalue weighted by atomic mass is 9.76. The maximum atomic E-state index is 14.3. The lowest BCUT2D eigenvalue weighted by Gasteiger charge is -2.47. The Bertz CT molecular complexity index is 1390. The van der Waals surface area contributed by atoms with Crippen LogP contribution in [-0.4, -0.2) is 126 Å². The van der Waals surface area contributed by atoms with E-state index in [2.05, 4.69) is 6.92 Å². The molecular weight excluding hydrogens is 734 g/mol. The van der Waals surface area contributed by atoms with Crippen molar-refractivity contribution in [1.82, 2.24) is 4.90 Å². The number of cyclic esters (lactones) is 1. The van der Waals surface area contributed by atoms with Crippen LogP contribution in [-0.2, 0) is 42.9 Å². The number of aliphatic hydroxyl groups excluding tert-OH is 2. The second kappa shape index (κ2) is 21.3. The van der Waals surface area contributed by atoms with E-state index < -0.39 is 83.9 Å². The molecule has 0 aromatic rings. The van der Waals surface area contributed by atoms with Gasteiger partial charge in [-0.3, -0.25) is 14.4 Å². The van der Waals surface area contributed by atoms with Crippen LogP contribution in [0.3, 0.4) is 0 Å². The number of nitrogens with zero attached hydrogens (tertiary/aromatic N) is 1. The van der Waals surface area contributed by atoms with Gasteiger partial charge in [-0.25, -0.2) is 4.79 Å². The Kier molecular flexibility index (Phi) is 17.7. The first-order valence-electron chi connectivity index (χ1n) is 21.6. The third kappa shape index (κ3) is 11.5. The van der Waals surface area contributed by atoms with Crippen molar-refractivity contribution in [3.63, 3.8) is 0 Å². The molecule has 57 heavy (non-hydrogen) atoms. The lowest BCUT2D eigenvalue weighted by Crippen LogP contribution is -2.64. The van der Waals surface area contributed by atoms with E-state index in [1.807, 2.05) is 26.8 Å². The summed E-state index contributed by atoms with van der Waals surface area (Å²) in [4.78, 5) is 58.0. The highest BCUT2D eigenvalue weighted by atomic mass is 16.7. The predicted molar refractivity (Wildman–Crippen MR) is 213 cm³/mol. The van der Waals surface area contributed by atoms with Crippen molar-refractivity contribution in [1.29, 1.82) is 0 Å². The molecule has 3 heterocycles. The number of Topliss-reactive ketones (excluding diaryl/α,β-unsaturated/α-hetero) is 2. The van der Waals surface area contributed by atoms with Gasteiger partial charge in [-0.05, 0) is 95.3 Å². The number of piperidine rings is 1. The Morgan fingerprint density at radius 3 is 2.21 bits per heavy atom. The number of hydrogen-bond donors (Lipinski definition) is 3. The number of ketones is 2. The van der Waals surface area contributed by atoms with Crippen LogP contribution in [0.1, 0.15) is 125 Å². The second-order valence-corrected chi connectivity index (χ2v) is 18.0. The Morgan fingerprint density at radius 1 is 0.895 bits per heavy atom. The van der Waals surface area contributed by atoms with E-state index in [4.69, 9.17) is 23.7 Å². The van der Waals surface area contributed by atoms with E-state index >= 15 is 0 Å². The number of methoxy groups -OCH3 is 3. The summed E-state index contributed by atoms with van der Waals surface area (Å²) in [5, 5.41) is 34.2. The molecule has 0 aromatic heterocycles. The van der Waals surface area contributed by atoms with Gasteiger partial charge in [0.25, 0.3) is 11.7 Å². The monoisotopic (exact) mass is 808 g/mol. The van der Waals surface area contributed by atoms with Gasteiger partial charge in [0.15, 0.2) is 0 Å². The van der Waals surface area contributed by atoms with E-state index in [0.29, 0.717) is 51.4 Å². The fourth-order valence-electron chi connectivity index (χ4n) is 10.1. The summed E-state index contributed by atoms with van der Waals surface area (Å²) in [7, 11) is 4.66. The van der Waals surface area contributed by atoms with Gasteiger partial charge in [0.05, 0.1) is 30.5 Å². The Balaban J connectivity index is 1.74. The van der Waals surface area contributed by atoms with E-state index in [1.54, 1.807) is 21.0 Å². The predicted octanol–water partition coefficient (Wildman–Crippen LogP) is 4.94. The summed E-state index contributed by atoms with van der Waals surface area (Å²) >= 11 is 0. The number of amides is 1. The minimum Gasteiger partial charge on any atom is -0.460 e. The van der Waals surface area contributed by atoms with Crippen molar-refractivity contribution < 1.29 is 58.2 Å². The van der Waals surface area contributed by atoms with Crippen LogP contribution in [0.15, 0.2) is 11.6 Å². The lowest BCUT2D eigenvalue weighted by molar-refractivity contribution is -0.302. The molecule has 3 fully saturated rings. The fraction of sp³-hybridized carbons (Fsp3) is 0.864. The first-order valence-corrected chi connectivity index (χ1v) is 21.6. The second-order valence-electron chi connectivity index (χ2n) is 18.0. The van der Waals surface area contributed by atoms with Gasteiger partial charge in [-0.1, -0.05) is 52.7 Å². The van der Waals surface area contributed by atoms with E-state index in [0.717, 1.165) is 18.4 Å². The summed E-state index contributed by atoms with van der Waals surface area (Å²) in [5.41, 5.74) is 1.01. The summed E-state index contributed by atoms with van der Waals surface area (Å²) in [6.45, 7) is 11.6. The van der Waals surface area contributed by atoms with Crippen LogP contribution in [0.2, 0.25) is 0 Å². The SMILES string of the molecule is CCCC1/C=C(/C)CC(C)CC(OC)C2OC(O)(C(=O)C(=O)N3CCCCC3C(=O)OC(C(C)CC3CCC(O)C(OC)C3)C(C)C(O)CC1=O)C(C)CC2OC. The summed E-state index contributed by atoms with van der Waals surface area (Å²) in [6, 6.07) is -1.10. The summed E-state index contributed by atoms with van der Waals surface area (Å²) in [6.07, 6.45) is 3.82. The minimum absolute atomic E-state index is 0.0419. The largest absolute Gasteiger partial charge is 0.460 e. The summed E-state index contributed by atoms with van der Waals surface area (Å²) in [5.74, 6) is -7.38. The number of allylic oxidation sites excluding steroid dienone is 2. The van der Waals surface area contributed by atoms with Crippen molar-refractivity contribution in [2.24, 2.45) is 35.5 Å². The third-order valence-corrected chi connectivity index (χ3v) is 13.5. The van der Waals surface area contributed by atoms with Gasteiger partial charge in [-0.2, -0.15) is 0 Å². The standard InChI is InChI=1S/C44H73NO12/c1-10-13-31-19-25(2)18-26(3)20-37(54-8)40-38(55-9)22-28(5)44(52,57-40)41(49)42(50)45-17-12-11-14-32(45)43(51)56-39(29(6)34(47)24-35(31)48)27(4)21-30-15-16-33(46)36(23-30)53-7/h19,26-34,36-40,46-47,52H,10-18,20-24H2,1-9H3/b25-19-. The number of aliphatic hydroxyl groups is 3. The zero-order valence-corrected chi connectivity index (χ0v) is 36.0. The van der Waals surface area contributed by atoms with E-state index in [-0.39, 0.29) is 55.4 Å². The normalized spacial score (nSPS) is 41.3. The Labute approximate surface area is 340 Å². The molecule has 15 unspecified atom stereocenters. The molecule has 2 saturated heterocycles. The first kappa shape index (κ1) is 47.4. The molecule has 3 N–H and O–H groups in total. The van der Waals surface area contributed by atoms with Gasteiger partial charge < -0.3 is 43.9 Å². The third-order valence-electron chi connectivity index (χ3n) is 13.5. The molecular formula is C44H73NO12. The molecule has 326 valence electrons. The van der Waals surface area contributed by atoms with Crippen LogP contribution >= 0.6 is 0 Å². The average Bonchev–Trinajstić information content (AvgIpc) is 3.18. The van der Waals surface area contributed by atoms with Crippen molar-refractivity contribution in [2.75, 3.05) is 27.9 Å². The number of ether oxygens (including phenoxy) is 5. The number of fused-ring (bicyclic) bond motifs is 3. The van der Waals surface area contributed by atoms with Crippen LogP contribution in [0.5, 0.6) is 0 Å². The molecule has 2 bridgehead atoms. The highest BCUT2D eigenvalue weighted by molar-refractivity contribution is 6.39. The van der Waals surface area contributed by atoms with Crippen molar-refractivity contribution in [3.05, 3.63) is 11.6 Å². The van der Waals surface area contributed by atoms with Gasteiger partial charge in [0.2, 0.25) is 5.79 Å². The summed E-state index contributed by atoms with van der Waals surface area (Å²) < 4.78 is 29.9. The molecule has 13 nitrogen and oxygen atoms in total. The first-order chi connectivity index (χ1) is 27.0. The number of carbonyl (C=O) groups is 4. The molecule has 13 heteroatoms. The average molecular weight is 808 g/mol. The zero-order chi connectivity index (χ0) is 42.2. The van der Waals surface area contributed by atoms with E-state index in [1.165, 1.54) is 19.1 Å². The van der Waals surface area contributed by atoms with Gasteiger partial charge in [0.1, 0.15) is 24.0 Å². The zero-order valence-electron chi connectivity index (χ0n) is 36.0. The maximum absolute atomic E-state index is 14.3. The van der Waals surface area contributed by atoms with E-state index in [9.17, 15) is 34.5 Å². The topological polar surface area (TPSA) is 178 Å². The molecule has 0 radical (unpaired) electrons. The van der Waals surface area contributed by atoms with Crippen LogP contribution in [0.25, 0.3) is 0 Å². The number of rotatable bonds is 8. The maximum Gasteiger partial charge on any atom is 0.329 e. The molecule has 1 aliphatic carbocycles. The number of hydrogen-bond acceptors (Lipinski definition) is 12. The molecule has 0 spiro atoms. The highest BCUT2D eigenvalue weighted by Gasteiger charge is 2.56. The fourth-order valence-corrected chi connectivity index (χ4v) is 10.1.